The van der Waals surface area contributed by atoms with Gasteiger partial charge in [0.2, 0.25) is 0 Å². The molecule has 0 bridgehead atoms. The fraction of sp³-hybridized carbons (Fsp3) is 1.00. The Bertz CT molecular complexity index is 151. The molecule has 3 nitrogen and oxygen atoms in total. The van der Waals surface area contributed by atoms with E-state index in [4.69, 9.17) is 10.2 Å². The van der Waals surface area contributed by atoms with Gasteiger partial charge in [-0.05, 0) is 19.8 Å². The third-order valence-corrected chi connectivity index (χ3v) is 3.09. The van der Waals surface area contributed by atoms with Crippen LogP contribution in [0.3, 0.4) is 0 Å². The quantitative estimate of drug-likeness (QED) is 0.400. The number of hydrogen-bond acceptors (Lipinski definition) is 3. The fourth-order valence-corrected chi connectivity index (χ4v) is 1.86. The zero-order valence-corrected chi connectivity index (χ0v) is 11.1. The maximum atomic E-state index is 9.00. The van der Waals surface area contributed by atoms with Gasteiger partial charge in [0.25, 0.3) is 0 Å². The van der Waals surface area contributed by atoms with Crippen LogP contribution in [0.25, 0.3) is 0 Å². The second kappa shape index (κ2) is 10.1. The molecule has 3 N–H and O–H groups in total. The van der Waals surface area contributed by atoms with Gasteiger partial charge in [0.15, 0.2) is 6.29 Å². The highest BCUT2D eigenvalue weighted by molar-refractivity contribution is 4.71. The van der Waals surface area contributed by atoms with Crippen molar-refractivity contribution in [2.75, 3.05) is 0 Å². The SMILES string of the molecule is CCCCCCCC(CC)NC(C)C(O)O. The van der Waals surface area contributed by atoms with E-state index in [1.807, 2.05) is 6.92 Å². The van der Waals surface area contributed by atoms with Crippen LogP contribution in [0.2, 0.25) is 0 Å². The molecule has 0 spiro atoms. The zero-order valence-electron chi connectivity index (χ0n) is 11.1. The number of hydrogen-bond donors (Lipinski definition) is 3. The Morgan fingerprint density at radius 1 is 1.00 bits per heavy atom. The van der Waals surface area contributed by atoms with E-state index in [0.29, 0.717) is 6.04 Å². The van der Waals surface area contributed by atoms with E-state index in [1.165, 1.54) is 32.1 Å². The lowest BCUT2D eigenvalue weighted by Gasteiger charge is -2.23. The van der Waals surface area contributed by atoms with Crippen LogP contribution in [0.15, 0.2) is 0 Å². The third kappa shape index (κ3) is 8.08. The number of aliphatic hydroxyl groups excluding tert-OH is 1. The number of aliphatic hydroxyl groups is 2. The van der Waals surface area contributed by atoms with Gasteiger partial charge in [-0.15, -0.1) is 0 Å². The molecule has 0 aliphatic heterocycles. The van der Waals surface area contributed by atoms with E-state index in [2.05, 4.69) is 19.2 Å². The van der Waals surface area contributed by atoms with Crippen LogP contribution in [-0.4, -0.2) is 28.6 Å². The Morgan fingerprint density at radius 3 is 2.12 bits per heavy atom. The van der Waals surface area contributed by atoms with Crippen LogP contribution >= 0.6 is 0 Å². The van der Waals surface area contributed by atoms with Gasteiger partial charge in [-0.3, -0.25) is 0 Å². The van der Waals surface area contributed by atoms with Gasteiger partial charge in [0.1, 0.15) is 0 Å². The molecule has 0 fully saturated rings. The maximum absolute atomic E-state index is 9.00. The van der Waals surface area contributed by atoms with Crippen molar-refractivity contribution < 1.29 is 10.2 Å². The first kappa shape index (κ1) is 15.9. The van der Waals surface area contributed by atoms with Crippen molar-refractivity contribution in [3.05, 3.63) is 0 Å². The molecule has 0 saturated carbocycles. The van der Waals surface area contributed by atoms with Crippen LogP contribution < -0.4 is 5.32 Å². The lowest BCUT2D eigenvalue weighted by Crippen LogP contribution is -2.43. The minimum atomic E-state index is -1.26. The molecule has 0 aromatic rings. The predicted octanol–water partition coefficient (Wildman–Crippen LogP) is 2.41. The Balaban J connectivity index is 3.58. The average Bonchev–Trinajstić information content (AvgIpc) is 2.26. The minimum absolute atomic E-state index is 0.236. The highest BCUT2D eigenvalue weighted by Gasteiger charge is 2.14. The summed E-state index contributed by atoms with van der Waals surface area (Å²) in [5.74, 6) is 0. The normalized spacial score (nSPS) is 15.4. The van der Waals surface area contributed by atoms with Gasteiger partial charge in [0, 0.05) is 6.04 Å². The molecule has 0 heterocycles. The summed E-state index contributed by atoms with van der Waals surface area (Å²) in [6.45, 7) is 6.17. The van der Waals surface area contributed by atoms with Crippen molar-refractivity contribution in [3.8, 4) is 0 Å². The van der Waals surface area contributed by atoms with E-state index >= 15 is 0 Å². The average molecular weight is 231 g/mol. The van der Waals surface area contributed by atoms with E-state index in [1.54, 1.807) is 0 Å². The Morgan fingerprint density at radius 2 is 1.62 bits per heavy atom. The number of nitrogens with one attached hydrogen (secondary N) is 1. The topological polar surface area (TPSA) is 52.5 Å². The summed E-state index contributed by atoms with van der Waals surface area (Å²) in [6, 6.07) is 0.180. The van der Waals surface area contributed by atoms with Crippen LogP contribution in [0.1, 0.15) is 65.7 Å². The van der Waals surface area contributed by atoms with Gasteiger partial charge < -0.3 is 15.5 Å². The summed E-state index contributed by atoms with van der Waals surface area (Å²) in [7, 11) is 0. The van der Waals surface area contributed by atoms with Crippen molar-refractivity contribution in [1.29, 1.82) is 0 Å². The molecule has 98 valence electrons. The first-order chi connectivity index (χ1) is 7.61. The molecular weight excluding hydrogens is 202 g/mol. The Kier molecular flexibility index (Phi) is 9.99. The van der Waals surface area contributed by atoms with E-state index in [-0.39, 0.29) is 6.04 Å². The summed E-state index contributed by atoms with van der Waals surface area (Å²) in [6.07, 6.45) is 7.39. The molecule has 0 aromatic heterocycles. The standard InChI is InChI=1S/C13H29NO2/c1-4-6-7-8-9-10-12(5-2)14-11(3)13(15)16/h11-16H,4-10H2,1-3H3. The van der Waals surface area contributed by atoms with E-state index in [9.17, 15) is 0 Å². The second-order valence-corrected chi connectivity index (χ2v) is 4.68. The summed E-state index contributed by atoms with van der Waals surface area (Å²) in [5.41, 5.74) is 0. The second-order valence-electron chi connectivity index (χ2n) is 4.68. The molecular formula is C13H29NO2. The molecule has 0 radical (unpaired) electrons. The van der Waals surface area contributed by atoms with E-state index < -0.39 is 6.29 Å². The largest absolute Gasteiger partial charge is 0.367 e. The van der Waals surface area contributed by atoms with Crippen molar-refractivity contribution in [2.24, 2.45) is 0 Å². The molecule has 16 heavy (non-hydrogen) atoms. The van der Waals surface area contributed by atoms with Crippen LogP contribution in [0, 0.1) is 0 Å². The van der Waals surface area contributed by atoms with Gasteiger partial charge in [0.05, 0.1) is 6.04 Å². The van der Waals surface area contributed by atoms with E-state index in [0.717, 1.165) is 12.8 Å². The molecule has 2 unspecified atom stereocenters. The van der Waals surface area contributed by atoms with Crippen molar-refractivity contribution in [1.82, 2.24) is 5.32 Å². The van der Waals surface area contributed by atoms with Gasteiger partial charge in [-0.2, -0.15) is 0 Å². The lowest BCUT2D eigenvalue weighted by atomic mass is 10.0. The number of unbranched alkanes of at least 4 members (excludes halogenated alkanes) is 4. The van der Waals surface area contributed by atoms with Gasteiger partial charge >= 0.3 is 0 Å². The van der Waals surface area contributed by atoms with Crippen molar-refractivity contribution in [2.45, 2.75) is 84.1 Å². The molecule has 3 heteroatoms. The van der Waals surface area contributed by atoms with Crippen molar-refractivity contribution in [3.63, 3.8) is 0 Å². The van der Waals surface area contributed by atoms with Crippen molar-refractivity contribution >= 4 is 0 Å². The monoisotopic (exact) mass is 231 g/mol. The summed E-state index contributed by atoms with van der Waals surface area (Å²) < 4.78 is 0. The molecule has 0 amide bonds. The maximum Gasteiger partial charge on any atom is 0.166 e. The summed E-state index contributed by atoms with van der Waals surface area (Å²) in [4.78, 5) is 0. The number of rotatable bonds is 10. The molecule has 0 aliphatic carbocycles. The fourth-order valence-electron chi connectivity index (χ4n) is 1.86. The molecule has 0 rings (SSSR count). The van der Waals surface area contributed by atoms with Gasteiger partial charge in [-0.25, -0.2) is 0 Å². The summed E-state index contributed by atoms with van der Waals surface area (Å²) in [5, 5.41) is 21.3. The molecule has 0 aromatic carbocycles. The summed E-state index contributed by atoms with van der Waals surface area (Å²) >= 11 is 0. The first-order valence-electron chi connectivity index (χ1n) is 6.74. The molecule has 2 atom stereocenters. The third-order valence-electron chi connectivity index (χ3n) is 3.09. The predicted molar refractivity (Wildman–Crippen MR) is 68.3 cm³/mol. The van der Waals surface area contributed by atoms with Gasteiger partial charge in [-0.1, -0.05) is 46.0 Å². The molecule has 0 aliphatic rings. The van der Waals surface area contributed by atoms with Crippen LogP contribution in [0.4, 0.5) is 0 Å². The highest BCUT2D eigenvalue weighted by atomic mass is 16.5. The Labute approximate surface area is 100 Å². The minimum Gasteiger partial charge on any atom is -0.367 e. The van der Waals surface area contributed by atoms with Crippen LogP contribution in [-0.2, 0) is 0 Å². The Hall–Kier alpha value is -0.120. The molecule has 0 saturated heterocycles. The first-order valence-corrected chi connectivity index (χ1v) is 6.74. The zero-order chi connectivity index (χ0) is 12.4. The lowest BCUT2D eigenvalue weighted by molar-refractivity contribution is -0.0650. The van der Waals surface area contributed by atoms with Crippen LogP contribution in [0.5, 0.6) is 0 Å². The highest BCUT2D eigenvalue weighted by Crippen LogP contribution is 2.10. The smallest absolute Gasteiger partial charge is 0.166 e.